The Bertz CT molecular complexity index is 1080. The maximum atomic E-state index is 13.7. The van der Waals surface area contributed by atoms with Gasteiger partial charge >= 0.3 is 22.8 Å². The summed E-state index contributed by atoms with van der Waals surface area (Å²) in [5.74, 6) is -0.860. The van der Waals surface area contributed by atoms with Crippen molar-refractivity contribution < 1.29 is 55.2 Å². The maximum absolute atomic E-state index is 13.7. The van der Waals surface area contributed by atoms with E-state index in [1.165, 1.54) is 0 Å². The number of ketones is 1. The zero-order chi connectivity index (χ0) is 39.0. The van der Waals surface area contributed by atoms with Crippen molar-refractivity contribution in [1.82, 2.24) is 30.2 Å². The Morgan fingerprint density at radius 2 is 0.904 bits per heavy atom. The van der Waals surface area contributed by atoms with Crippen molar-refractivity contribution in [3.8, 4) is 0 Å². The lowest BCUT2D eigenvalue weighted by atomic mass is 10.3. The van der Waals surface area contributed by atoms with Crippen LogP contribution in [0.1, 0.15) is 41.5 Å². The molecule has 52 heavy (non-hydrogen) atoms. The van der Waals surface area contributed by atoms with Crippen molar-refractivity contribution in [2.45, 2.75) is 47.8 Å². The largest absolute Gasteiger partial charge is 0.645 e. The fourth-order valence-corrected chi connectivity index (χ4v) is 10.6. The highest BCUT2D eigenvalue weighted by Crippen LogP contribution is 2.50. The molecule has 0 aromatic heterocycles. The van der Waals surface area contributed by atoms with Crippen LogP contribution in [0.3, 0.4) is 0 Å². The molecular formula is C30H65N7O12P3-. The first-order valence-electron chi connectivity index (χ1n) is 18.0. The van der Waals surface area contributed by atoms with Crippen molar-refractivity contribution in [2.24, 2.45) is 0 Å². The minimum Gasteiger partial charge on any atom is -0.645 e. The number of nitrogens with one attached hydrogen (secondary N) is 3. The van der Waals surface area contributed by atoms with Crippen LogP contribution in [0.5, 0.6) is 0 Å². The van der Waals surface area contributed by atoms with Crippen LogP contribution < -0.4 is 10.6 Å². The summed E-state index contributed by atoms with van der Waals surface area (Å²) >= 11 is 0. The van der Waals surface area contributed by atoms with Gasteiger partial charge in [0.25, 0.3) is 0 Å². The second-order valence-corrected chi connectivity index (χ2v) is 17.7. The van der Waals surface area contributed by atoms with Gasteiger partial charge in [-0.05, 0) is 48.6 Å². The molecule has 22 heteroatoms. The van der Waals surface area contributed by atoms with E-state index in [-0.39, 0.29) is 78.3 Å². The summed E-state index contributed by atoms with van der Waals surface area (Å²) in [6, 6.07) is 0. The molecule has 1 unspecified atom stereocenters. The van der Waals surface area contributed by atoms with Crippen molar-refractivity contribution in [1.29, 1.82) is 0 Å². The zero-order valence-electron chi connectivity index (χ0n) is 32.2. The van der Waals surface area contributed by atoms with E-state index in [9.17, 15) is 23.3 Å². The number of rotatable bonds is 26. The van der Waals surface area contributed by atoms with Crippen LogP contribution in [0, 0.1) is 0 Å². The van der Waals surface area contributed by atoms with Crippen molar-refractivity contribution >= 4 is 34.5 Å². The summed E-state index contributed by atoms with van der Waals surface area (Å²) in [4.78, 5) is 32.7. The Kier molecular flexibility index (Phi) is 25.6. The number of likely N-dealkylation sites (N-methyl/N-ethyl adjacent to an activating group) is 1. The van der Waals surface area contributed by atoms with Crippen LogP contribution in [-0.4, -0.2) is 175 Å². The third-order valence-corrected chi connectivity index (χ3v) is 13.7. The molecule has 19 nitrogen and oxygen atoms in total. The summed E-state index contributed by atoms with van der Waals surface area (Å²) in [7, 11) is -8.92. The van der Waals surface area contributed by atoms with Crippen LogP contribution in [0.4, 0.5) is 0 Å². The van der Waals surface area contributed by atoms with E-state index in [4.69, 9.17) is 37.6 Å². The molecule has 0 aliphatic carbocycles. The highest BCUT2D eigenvalue weighted by Gasteiger charge is 2.33. The smallest absolute Gasteiger partial charge is 0.344 e. The fraction of sp³-hybridized carbons (Fsp3) is 0.933. The van der Waals surface area contributed by atoms with Gasteiger partial charge in [0.15, 0.2) is 5.78 Å². The third-order valence-electron chi connectivity index (χ3n) is 7.53. The number of hydrogen-bond donors (Lipinski definition) is 2. The molecule has 1 rings (SSSR count). The molecule has 1 fully saturated rings. The van der Waals surface area contributed by atoms with Gasteiger partial charge in [0.2, 0.25) is 5.91 Å². The predicted octanol–water partition coefficient (Wildman–Crippen LogP) is 3.14. The summed E-state index contributed by atoms with van der Waals surface area (Å²) < 4.78 is 79.8. The lowest BCUT2D eigenvalue weighted by molar-refractivity contribution is -0.131. The Morgan fingerprint density at radius 3 is 1.19 bits per heavy atom. The van der Waals surface area contributed by atoms with Gasteiger partial charge < -0.3 is 48.2 Å². The van der Waals surface area contributed by atoms with Gasteiger partial charge in [0.05, 0.1) is 52.7 Å². The van der Waals surface area contributed by atoms with Crippen molar-refractivity contribution in [3.05, 3.63) is 5.73 Å². The standard InChI is InChI=1S/C30H65N7O12P3/c1-8-44-50(40,45-9-2)25-35-16-14-34(23-29(39)33-24-43-30(31)28(38)22-32-7)15-17-36(26-51(41,46-10-3)47-11-4)19-21-37(20-18-35)27-52(42,48-12-5)49-13-6/h30-32H,8-27H2,1-7H3,(H,33,39)/q-1. The van der Waals surface area contributed by atoms with E-state index < -0.39 is 40.7 Å². The van der Waals surface area contributed by atoms with E-state index in [0.29, 0.717) is 52.4 Å². The normalized spacial score (nSPS) is 17.8. The average molecular weight is 809 g/mol. The number of amides is 1. The summed E-state index contributed by atoms with van der Waals surface area (Å²) in [6.45, 7) is 14.2. The molecule has 1 atom stereocenters. The highest BCUT2D eigenvalue weighted by molar-refractivity contribution is 7.54. The first-order chi connectivity index (χ1) is 24.7. The fourth-order valence-electron chi connectivity index (χ4n) is 5.26. The van der Waals surface area contributed by atoms with Gasteiger partial charge in [-0.1, -0.05) is 0 Å². The van der Waals surface area contributed by atoms with Gasteiger partial charge in [-0.2, -0.15) is 0 Å². The molecule has 0 aromatic rings. The van der Waals surface area contributed by atoms with Gasteiger partial charge in [-0.3, -0.25) is 42.9 Å². The molecule has 1 heterocycles. The predicted molar refractivity (Wildman–Crippen MR) is 199 cm³/mol. The number of ether oxygens (including phenoxy) is 1. The molecule has 1 saturated heterocycles. The minimum atomic E-state index is -3.51. The molecule has 0 saturated carbocycles. The Morgan fingerprint density at radius 1 is 0.596 bits per heavy atom. The van der Waals surface area contributed by atoms with E-state index in [1.54, 1.807) is 48.6 Å². The number of carbonyl (C=O) groups is 2. The van der Waals surface area contributed by atoms with E-state index in [1.807, 2.05) is 19.6 Å². The molecule has 0 radical (unpaired) electrons. The Labute approximate surface area is 310 Å². The number of Topliss-reactive ketones (excluding diaryl/α,β-unsaturated/α-hetero) is 1. The lowest BCUT2D eigenvalue weighted by Gasteiger charge is -2.36. The second-order valence-electron chi connectivity index (χ2n) is 11.7. The topological polar surface area (TPSA) is 211 Å². The molecule has 0 bridgehead atoms. The lowest BCUT2D eigenvalue weighted by Crippen LogP contribution is -2.48. The Hall–Kier alpha value is -0.690. The van der Waals surface area contributed by atoms with Crippen LogP contribution in [0.25, 0.3) is 5.73 Å². The summed E-state index contributed by atoms with van der Waals surface area (Å²) in [5, 5.41) is 5.28. The van der Waals surface area contributed by atoms with Crippen LogP contribution >= 0.6 is 22.8 Å². The average Bonchev–Trinajstić information content (AvgIpc) is 3.06. The number of carbonyl (C=O) groups excluding carboxylic acids is 2. The molecule has 1 aliphatic rings. The van der Waals surface area contributed by atoms with E-state index in [0.717, 1.165) is 0 Å². The molecule has 0 aromatic carbocycles. The summed E-state index contributed by atoms with van der Waals surface area (Å²) in [5.41, 5.74) is 7.82. The molecular weight excluding hydrogens is 743 g/mol. The maximum Gasteiger partial charge on any atom is 0.344 e. The van der Waals surface area contributed by atoms with E-state index in [2.05, 4.69) is 10.6 Å². The van der Waals surface area contributed by atoms with Crippen molar-refractivity contribution in [3.63, 3.8) is 0 Å². The molecule has 3 N–H and O–H groups in total. The SMILES string of the molecule is CCOP(=O)(CN1CCN(CC(=O)NCOC([NH-])C(=O)CNC)CCN(CP(=O)(OCC)OCC)CCN(CP(=O)(OCC)OCC)CC1)OCC. The quantitative estimate of drug-likeness (QED) is 0.0950. The highest BCUT2D eigenvalue weighted by atomic mass is 31.2. The summed E-state index contributed by atoms with van der Waals surface area (Å²) in [6.07, 6.45) is -1.44. The Balaban J connectivity index is 3.39. The first kappa shape index (κ1) is 49.3. The molecule has 0 spiro atoms. The van der Waals surface area contributed by atoms with Gasteiger partial charge in [0.1, 0.15) is 25.6 Å². The number of hydrogen-bond acceptors (Lipinski definition) is 17. The minimum absolute atomic E-state index is 0.00543. The first-order valence-corrected chi connectivity index (χ1v) is 23.2. The third kappa shape index (κ3) is 20.3. The molecule has 1 aliphatic heterocycles. The van der Waals surface area contributed by atoms with Crippen LogP contribution in [0.2, 0.25) is 0 Å². The monoisotopic (exact) mass is 808 g/mol. The second kappa shape index (κ2) is 27.0. The van der Waals surface area contributed by atoms with Gasteiger partial charge in [-0.25, -0.2) is 0 Å². The van der Waals surface area contributed by atoms with Crippen LogP contribution in [0.15, 0.2) is 0 Å². The van der Waals surface area contributed by atoms with Crippen LogP contribution in [-0.2, 0) is 55.2 Å². The van der Waals surface area contributed by atoms with Gasteiger partial charge in [0, 0.05) is 58.6 Å². The molecule has 308 valence electrons. The number of nitrogens with zero attached hydrogens (tertiary/aromatic N) is 4. The molecule has 1 amide bonds. The van der Waals surface area contributed by atoms with E-state index >= 15 is 0 Å². The van der Waals surface area contributed by atoms with Crippen molar-refractivity contribution in [2.75, 3.05) is 138 Å². The zero-order valence-corrected chi connectivity index (χ0v) is 34.9. The van der Waals surface area contributed by atoms with Gasteiger partial charge in [-0.15, -0.1) is 0 Å².